The zero-order valence-corrected chi connectivity index (χ0v) is 10.2. The van der Waals surface area contributed by atoms with Gasteiger partial charge in [-0.15, -0.1) is 11.6 Å². The van der Waals surface area contributed by atoms with Crippen molar-refractivity contribution in [3.05, 3.63) is 41.0 Å². The first-order chi connectivity index (χ1) is 8.04. The highest BCUT2D eigenvalue weighted by Gasteiger charge is 2.08. The van der Waals surface area contributed by atoms with Gasteiger partial charge in [0.25, 0.3) is 0 Å². The third kappa shape index (κ3) is 4.04. The van der Waals surface area contributed by atoms with Crippen molar-refractivity contribution in [2.75, 3.05) is 5.88 Å². The van der Waals surface area contributed by atoms with Crippen molar-refractivity contribution in [3.63, 3.8) is 0 Å². The fourth-order valence-electron chi connectivity index (χ4n) is 1.53. The van der Waals surface area contributed by atoms with Crippen molar-refractivity contribution in [1.29, 1.82) is 0 Å². The molecule has 1 rings (SSSR count). The molecule has 0 aliphatic carbocycles. The number of ketones is 1. The molecule has 0 fully saturated rings. The molecule has 4 heteroatoms. The van der Waals surface area contributed by atoms with Gasteiger partial charge in [-0.3, -0.25) is 4.79 Å². The van der Waals surface area contributed by atoms with Crippen LogP contribution < -0.4 is 0 Å². The van der Waals surface area contributed by atoms with E-state index in [1.54, 1.807) is 6.07 Å². The summed E-state index contributed by atoms with van der Waals surface area (Å²) in [5.41, 5.74) is 2.53. The second kappa shape index (κ2) is 6.21. The van der Waals surface area contributed by atoms with E-state index >= 15 is 0 Å². The van der Waals surface area contributed by atoms with Crippen molar-refractivity contribution >= 4 is 29.4 Å². The Kier molecular flexibility index (Phi) is 4.91. The average Bonchev–Trinajstić information content (AvgIpc) is 2.29. The molecule has 90 valence electrons. The summed E-state index contributed by atoms with van der Waals surface area (Å²) in [7, 11) is 0. The monoisotopic (exact) mass is 252 g/mol. The number of carboxylic acids is 1. The lowest BCUT2D eigenvalue weighted by atomic mass is 9.97. The summed E-state index contributed by atoms with van der Waals surface area (Å²) in [6.45, 7) is 1.88. The number of alkyl halides is 1. The Bertz CT molecular complexity index is 464. The van der Waals surface area contributed by atoms with Gasteiger partial charge in [0.15, 0.2) is 5.78 Å². The van der Waals surface area contributed by atoms with Gasteiger partial charge >= 0.3 is 5.97 Å². The largest absolute Gasteiger partial charge is 0.478 e. The van der Waals surface area contributed by atoms with Gasteiger partial charge in [0.05, 0.1) is 5.88 Å². The van der Waals surface area contributed by atoms with E-state index < -0.39 is 5.97 Å². The molecule has 0 aliphatic heterocycles. The lowest BCUT2D eigenvalue weighted by molar-refractivity contribution is -0.131. The molecule has 0 unspecified atom stereocenters. The number of aryl methyl sites for hydroxylation is 1. The molecule has 1 aromatic carbocycles. The van der Waals surface area contributed by atoms with Crippen molar-refractivity contribution in [1.82, 2.24) is 0 Å². The number of hydrogen-bond acceptors (Lipinski definition) is 2. The fraction of sp³-hybridized carbons (Fsp3) is 0.231. The lowest BCUT2D eigenvalue weighted by Crippen LogP contribution is -2.07. The predicted molar refractivity (Wildman–Crippen MR) is 67.3 cm³/mol. The molecule has 0 heterocycles. The predicted octanol–water partition coefficient (Wildman–Crippen LogP) is 2.44. The SMILES string of the molecule is Cc1cccc(/C=C/C(=O)O)c1CC(=O)CCl. The highest BCUT2D eigenvalue weighted by molar-refractivity contribution is 6.27. The first-order valence-corrected chi connectivity index (χ1v) is 5.65. The van der Waals surface area contributed by atoms with Crippen LogP contribution in [0.15, 0.2) is 24.3 Å². The Morgan fingerprint density at radius 3 is 2.71 bits per heavy atom. The van der Waals surface area contributed by atoms with Gasteiger partial charge < -0.3 is 5.11 Å². The Morgan fingerprint density at radius 2 is 2.12 bits per heavy atom. The van der Waals surface area contributed by atoms with Crippen LogP contribution in [0.4, 0.5) is 0 Å². The zero-order valence-electron chi connectivity index (χ0n) is 9.44. The van der Waals surface area contributed by atoms with Crippen LogP contribution in [0.5, 0.6) is 0 Å². The maximum atomic E-state index is 11.4. The number of benzene rings is 1. The number of aliphatic carboxylic acids is 1. The van der Waals surface area contributed by atoms with Crippen molar-refractivity contribution in [3.8, 4) is 0 Å². The highest BCUT2D eigenvalue weighted by atomic mass is 35.5. The van der Waals surface area contributed by atoms with Crippen LogP contribution >= 0.6 is 11.6 Å². The average molecular weight is 253 g/mol. The minimum Gasteiger partial charge on any atom is -0.478 e. The van der Waals surface area contributed by atoms with Gasteiger partial charge in [-0.1, -0.05) is 18.2 Å². The molecular weight excluding hydrogens is 240 g/mol. The molecule has 0 atom stereocenters. The minimum absolute atomic E-state index is 0.0313. The van der Waals surface area contributed by atoms with E-state index in [1.165, 1.54) is 6.08 Å². The topological polar surface area (TPSA) is 54.4 Å². The summed E-state index contributed by atoms with van der Waals surface area (Å²) in [4.78, 5) is 21.8. The second-order valence-electron chi connectivity index (χ2n) is 3.66. The Hall–Kier alpha value is -1.61. The van der Waals surface area contributed by atoms with Crippen molar-refractivity contribution < 1.29 is 14.7 Å². The Balaban J connectivity index is 3.08. The second-order valence-corrected chi connectivity index (χ2v) is 3.93. The van der Waals surface area contributed by atoms with Crippen LogP contribution in [-0.4, -0.2) is 22.7 Å². The van der Waals surface area contributed by atoms with E-state index in [0.717, 1.165) is 22.8 Å². The maximum absolute atomic E-state index is 11.4. The van der Waals surface area contributed by atoms with E-state index in [2.05, 4.69) is 0 Å². The van der Waals surface area contributed by atoms with E-state index in [4.69, 9.17) is 16.7 Å². The molecule has 0 aliphatic rings. The van der Waals surface area contributed by atoms with Crippen LogP contribution in [-0.2, 0) is 16.0 Å². The van der Waals surface area contributed by atoms with E-state index in [9.17, 15) is 9.59 Å². The maximum Gasteiger partial charge on any atom is 0.328 e. The third-order valence-electron chi connectivity index (χ3n) is 2.37. The van der Waals surface area contributed by atoms with Gasteiger partial charge in [-0.05, 0) is 29.7 Å². The number of carbonyl (C=O) groups is 2. The minimum atomic E-state index is -1.01. The van der Waals surface area contributed by atoms with Crippen LogP contribution in [0.1, 0.15) is 16.7 Å². The van der Waals surface area contributed by atoms with Crippen LogP contribution in [0.3, 0.4) is 0 Å². The number of carbonyl (C=O) groups excluding carboxylic acids is 1. The molecule has 0 spiro atoms. The van der Waals surface area contributed by atoms with Crippen LogP contribution in [0.2, 0.25) is 0 Å². The van der Waals surface area contributed by atoms with Gasteiger partial charge in [0.1, 0.15) is 0 Å². The fourth-order valence-corrected chi connectivity index (χ4v) is 1.62. The summed E-state index contributed by atoms with van der Waals surface area (Å²) < 4.78 is 0. The molecular formula is C13H13ClO3. The molecule has 0 amide bonds. The molecule has 0 radical (unpaired) electrons. The molecule has 0 bridgehead atoms. The quantitative estimate of drug-likeness (QED) is 0.647. The van der Waals surface area contributed by atoms with Gasteiger partial charge in [0, 0.05) is 12.5 Å². The Labute approximate surface area is 105 Å². The molecule has 17 heavy (non-hydrogen) atoms. The third-order valence-corrected chi connectivity index (χ3v) is 2.67. The van der Waals surface area contributed by atoms with Crippen LogP contribution in [0, 0.1) is 6.92 Å². The lowest BCUT2D eigenvalue weighted by Gasteiger charge is -2.08. The summed E-state index contributed by atoms with van der Waals surface area (Å²) in [6, 6.07) is 5.49. The van der Waals surface area contributed by atoms with E-state index in [-0.39, 0.29) is 18.1 Å². The first-order valence-electron chi connectivity index (χ1n) is 5.11. The van der Waals surface area contributed by atoms with E-state index in [0.29, 0.717) is 0 Å². The number of Topliss-reactive ketones (excluding diaryl/α,β-unsaturated/α-hetero) is 1. The van der Waals surface area contributed by atoms with Gasteiger partial charge in [-0.25, -0.2) is 4.79 Å². The molecule has 0 saturated carbocycles. The number of halogens is 1. The standard InChI is InChI=1S/C13H13ClO3/c1-9-3-2-4-10(5-6-13(16)17)12(9)7-11(15)8-14/h2-6H,7-8H2,1H3,(H,16,17)/b6-5+. The number of rotatable bonds is 5. The molecule has 1 aromatic rings. The normalized spacial score (nSPS) is 10.7. The molecule has 0 aromatic heterocycles. The van der Waals surface area contributed by atoms with Crippen LogP contribution in [0.25, 0.3) is 6.08 Å². The molecule has 1 N–H and O–H groups in total. The highest BCUT2D eigenvalue weighted by Crippen LogP contribution is 2.17. The summed E-state index contributed by atoms with van der Waals surface area (Å²) in [5, 5.41) is 8.59. The number of hydrogen-bond donors (Lipinski definition) is 1. The first kappa shape index (κ1) is 13.5. The smallest absolute Gasteiger partial charge is 0.328 e. The summed E-state index contributed by atoms with van der Waals surface area (Å²) in [5.74, 6) is -1.12. The van der Waals surface area contributed by atoms with E-state index in [1.807, 2.05) is 19.1 Å². The Morgan fingerprint density at radius 1 is 1.41 bits per heavy atom. The van der Waals surface area contributed by atoms with Gasteiger partial charge in [0.2, 0.25) is 0 Å². The zero-order chi connectivity index (χ0) is 12.8. The van der Waals surface area contributed by atoms with Gasteiger partial charge in [-0.2, -0.15) is 0 Å². The molecule has 0 saturated heterocycles. The molecule has 3 nitrogen and oxygen atoms in total. The summed E-state index contributed by atoms with van der Waals surface area (Å²) in [6.07, 6.45) is 2.78. The van der Waals surface area contributed by atoms with Crippen molar-refractivity contribution in [2.45, 2.75) is 13.3 Å². The van der Waals surface area contributed by atoms with Crippen molar-refractivity contribution in [2.24, 2.45) is 0 Å². The number of carboxylic acid groups (broad SMARTS) is 1. The summed E-state index contributed by atoms with van der Waals surface area (Å²) >= 11 is 5.47.